The first kappa shape index (κ1) is 25.6. The Labute approximate surface area is 217 Å². The van der Waals surface area contributed by atoms with Crippen LogP contribution in [0.4, 0.5) is 22.0 Å². The van der Waals surface area contributed by atoms with Gasteiger partial charge in [0.15, 0.2) is 11.5 Å². The SMILES string of the molecule is CNc1cc(Oc2ccc(NC(=O)Nc3cc(C(C)(C)C)cc(OC)c3OC)c3ccccc23)ccn1. The normalized spacial score (nSPS) is 11.1. The number of aromatic nitrogens is 1. The van der Waals surface area contributed by atoms with Gasteiger partial charge in [0.05, 0.1) is 25.6 Å². The van der Waals surface area contributed by atoms with Crippen molar-refractivity contribution in [1.82, 2.24) is 4.98 Å². The van der Waals surface area contributed by atoms with Crippen molar-refractivity contribution in [2.75, 3.05) is 37.2 Å². The number of anilines is 3. The fraction of sp³-hybridized carbons (Fsp3) is 0.241. The van der Waals surface area contributed by atoms with Gasteiger partial charge in [0.25, 0.3) is 0 Å². The molecule has 0 aliphatic rings. The number of hydrogen-bond donors (Lipinski definition) is 3. The fourth-order valence-electron chi connectivity index (χ4n) is 3.97. The Balaban J connectivity index is 1.63. The highest BCUT2D eigenvalue weighted by Crippen LogP contribution is 2.40. The maximum Gasteiger partial charge on any atom is 0.323 e. The van der Waals surface area contributed by atoms with Gasteiger partial charge in [0, 0.05) is 30.1 Å². The summed E-state index contributed by atoms with van der Waals surface area (Å²) in [4.78, 5) is 17.4. The third kappa shape index (κ3) is 5.69. The highest BCUT2D eigenvalue weighted by atomic mass is 16.5. The molecule has 4 aromatic rings. The third-order valence-electron chi connectivity index (χ3n) is 5.94. The Kier molecular flexibility index (Phi) is 7.38. The molecule has 1 aromatic heterocycles. The first-order valence-electron chi connectivity index (χ1n) is 11.9. The van der Waals surface area contributed by atoms with Crippen molar-refractivity contribution >= 4 is 34.0 Å². The summed E-state index contributed by atoms with van der Waals surface area (Å²) < 4.78 is 17.2. The van der Waals surface area contributed by atoms with Gasteiger partial charge in [0.2, 0.25) is 0 Å². The Morgan fingerprint density at radius 1 is 0.838 bits per heavy atom. The van der Waals surface area contributed by atoms with Crippen LogP contribution < -0.4 is 30.2 Å². The van der Waals surface area contributed by atoms with E-state index in [4.69, 9.17) is 14.2 Å². The molecule has 0 radical (unpaired) electrons. The number of pyridine rings is 1. The molecule has 192 valence electrons. The van der Waals surface area contributed by atoms with Gasteiger partial charge in [-0.15, -0.1) is 0 Å². The molecule has 0 fully saturated rings. The zero-order valence-corrected chi connectivity index (χ0v) is 21.9. The van der Waals surface area contributed by atoms with Crippen molar-refractivity contribution in [3.05, 3.63) is 72.4 Å². The van der Waals surface area contributed by atoms with E-state index in [0.717, 1.165) is 16.3 Å². The zero-order valence-electron chi connectivity index (χ0n) is 21.9. The van der Waals surface area contributed by atoms with E-state index in [-0.39, 0.29) is 5.41 Å². The number of hydrogen-bond acceptors (Lipinski definition) is 6. The number of amides is 2. The first-order valence-corrected chi connectivity index (χ1v) is 11.9. The maximum atomic E-state index is 13.1. The van der Waals surface area contributed by atoms with Gasteiger partial charge in [0.1, 0.15) is 17.3 Å². The fourth-order valence-corrected chi connectivity index (χ4v) is 3.97. The van der Waals surface area contributed by atoms with E-state index in [1.54, 1.807) is 33.5 Å². The Morgan fingerprint density at radius 3 is 2.24 bits per heavy atom. The average Bonchev–Trinajstić information content (AvgIpc) is 2.89. The average molecular weight is 501 g/mol. The summed E-state index contributed by atoms with van der Waals surface area (Å²) in [6, 6.07) is 18.4. The number of carbonyl (C=O) groups is 1. The first-order chi connectivity index (χ1) is 17.7. The van der Waals surface area contributed by atoms with Crippen LogP contribution in [0, 0.1) is 0 Å². The Hall–Kier alpha value is -4.46. The van der Waals surface area contributed by atoms with Gasteiger partial charge in [-0.3, -0.25) is 0 Å². The highest BCUT2D eigenvalue weighted by molar-refractivity contribution is 6.08. The van der Waals surface area contributed by atoms with E-state index >= 15 is 0 Å². The summed E-state index contributed by atoms with van der Waals surface area (Å²) in [7, 11) is 4.93. The van der Waals surface area contributed by atoms with Crippen LogP contribution in [0.2, 0.25) is 0 Å². The minimum absolute atomic E-state index is 0.152. The molecule has 37 heavy (non-hydrogen) atoms. The predicted molar refractivity (Wildman–Crippen MR) is 149 cm³/mol. The molecule has 0 unspecified atom stereocenters. The van der Waals surface area contributed by atoms with E-state index in [1.807, 2.05) is 54.6 Å². The Bertz CT molecular complexity index is 1430. The number of nitrogens with one attached hydrogen (secondary N) is 3. The monoisotopic (exact) mass is 500 g/mol. The molecule has 3 aromatic carbocycles. The lowest BCUT2D eigenvalue weighted by molar-refractivity contribution is 0.262. The second-order valence-corrected chi connectivity index (χ2v) is 9.47. The predicted octanol–water partition coefficient (Wildman–Crippen LogP) is 7.03. The van der Waals surface area contributed by atoms with E-state index in [0.29, 0.717) is 40.2 Å². The third-order valence-corrected chi connectivity index (χ3v) is 5.94. The number of benzene rings is 3. The number of fused-ring (bicyclic) bond motifs is 1. The maximum absolute atomic E-state index is 13.1. The lowest BCUT2D eigenvalue weighted by Crippen LogP contribution is -2.21. The summed E-state index contributed by atoms with van der Waals surface area (Å²) in [5.74, 6) is 3.04. The standard InChI is InChI=1S/C29H32N4O4/c1-29(2,3)18-15-23(27(36-6)25(16-18)35-5)33-28(34)32-22-11-12-24(21-10-8-7-9-20(21)22)37-19-13-14-31-26(17-19)30-4/h7-17H,1-6H3,(H,30,31)(H2,32,33,34). The van der Waals surface area contributed by atoms with E-state index in [9.17, 15) is 4.79 Å². The minimum atomic E-state index is -0.405. The molecule has 3 N–H and O–H groups in total. The molecule has 0 saturated heterocycles. The molecule has 2 amide bonds. The van der Waals surface area contributed by atoms with Gasteiger partial charge in [-0.1, -0.05) is 45.0 Å². The second-order valence-electron chi connectivity index (χ2n) is 9.47. The van der Waals surface area contributed by atoms with Gasteiger partial charge in [-0.2, -0.15) is 0 Å². The quantitative estimate of drug-likeness (QED) is 0.252. The lowest BCUT2D eigenvalue weighted by atomic mass is 9.86. The molecule has 0 atom stereocenters. The number of ether oxygens (including phenoxy) is 3. The molecule has 0 bridgehead atoms. The summed E-state index contributed by atoms with van der Waals surface area (Å²) in [6.45, 7) is 6.29. The summed E-state index contributed by atoms with van der Waals surface area (Å²) in [5.41, 5.74) is 2.02. The molecular weight excluding hydrogens is 468 g/mol. The van der Waals surface area contributed by atoms with Gasteiger partial charge in [-0.25, -0.2) is 9.78 Å². The van der Waals surface area contributed by atoms with Crippen LogP contribution in [0.5, 0.6) is 23.0 Å². The van der Waals surface area contributed by atoms with E-state index in [2.05, 4.69) is 41.7 Å². The van der Waals surface area contributed by atoms with E-state index < -0.39 is 6.03 Å². The molecule has 8 nitrogen and oxygen atoms in total. The minimum Gasteiger partial charge on any atom is -0.493 e. The molecule has 8 heteroatoms. The lowest BCUT2D eigenvalue weighted by Gasteiger charge is -2.23. The molecule has 1 heterocycles. The van der Waals surface area contributed by atoms with Crippen molar-refractivity contribution < 1.29 is 19.0 Å². The van der Waals surface area contributed by atoms with Crippen molar-refractivity contribution in [2.24, 2.45) is 0 Å². The van der Waals surface area contributed by atoms with Crippen molar-refractivity contribution in [3.63, 3.8) is 0 Å². The van der Waals surface area contributed by atoms with Crippen LogP contribution >= 0.6 is 0 Å². The largest absolute Gasteiger partial charge is 0.493 e. The second kappa shape index (κ2) is 10.7. The molecule has 4 rings (SSSR count). The molecule has 0 aliphatic carbocycles. The number of carbonyl (C=O) groups excluding carboxylic acids is 1. The zero-order chi connectivity index (χ0) is 26.6. The number of methoxy groups -OCH3 is 2. The van der Waals surface area contributed by atoms with Gasteiger partial charge < -0.3 is 30.2 Å². The number of urea groups is 1. The van der Waals surface area contributed by atoms with Crippen molar-refractivity contribution in [1.29, 1.82) is 0 Å². The van der Waals surface area contributed by atoms with Crippen LogP contribution in [0.15, 0.2) is 66.9 Å². The van der Waals surface area contributed by atoms with Crippen LogP contribution in [-0.2, 0) is 5.41 Å². The number of rotatable bonds is 7. The molecule has 0 spiro atoms. The number of nitrogens with zero attached hydrogens (tertiary/aromatic N) is 1. The van der Waals surface area contributed by atoms with Crippen molar-refractivity contribution in [3.8, 4) is 23.0 Å². The smallest absolute Gasteiger partial charge is 0.323 e. The summed E-state index contributed by atoms with van der Waals surface area (Å²) >= 11 is 0. The summed E-state index contributed by atoms with van der Waals surface area (Å²) in [6.07, 6.45) is 1.68. The molecule has 0 aliphatic heterocycles. The molecule has 0 saturated carbocycles. The van der Waals surface area contributed by atoms with Crippen molar-refractivity contribution in [2.45, 2.75) is 26.2 Å². The van der Waals surface area contributed by atoms with Crippen LogP contribution in [0.3, 0.4) is 0 Å². The van der Waals surface area contributed by atoms with Gasteiger partial charge in [-0.05, 0) is 41.3 Å². The van der Waals surface area contributed by atoms with E-state index in [1.165, 1.54) is 0 Å². The van der Waals surface area contributed by atoms with Gasteiger partial charge >= 0.3 is 6.03 Å². The topological polar surface area (TPSA) is 93.7 Å². The summed E-state index contributed by atoms with van der Waals surface area (Å²) in [5, 5.41) is 10.6. The van der Waals surface area contributed by atoms with Crippen LogP contribution in [-0.4, -0.2) is 32.3 Å². The molecular formula is C29H32N4O4. The van der Waals surface area contributed by atoms with Crippen LogP contribution in [0.1, 0.15) is 26.3 Å². The Morgan fingerprint density at radius 2 is 1.57 bits per heavy atom. The highest BCUT2D eigenvalue weighted by Gasteiger charge is 2.21. The van der Waals surface area contributed by atoms with Crippen LogP contribution in [0.25, 0.3) is 10.8 Å².